The van der Waals surface area contributed by atoms with Crippen molar-refractivity contribution in [3.63, 3.8) is 0 Å². The second-order valence-electron chi connectivity index (χ2n) is 9.27. The molecule has 2 aromatic carbocycles. The van der Waals surface area contributed by atoms with Gasteiger partial charge in [0.15, 0.2) is 16.7 Å². The molecule has 13 heteroatoms. The minimum Gasteiger partial charge on any atom is -0.503 e. The number of rotatable bonds is 10. The fourth-order valence-electron chi connectivity index (χ4n) is 4.30. The second-order valence-corrected chi connectivity index (χ2v) is 12.6. The fraction of sp³-hybridized carbons (Fsp3) is 0.214. The van der Waals surface area contributed by atoms with E-state index in [0.29, 0.717) is 37.0 Å². The van der Waals surface area contributed by atoms with Gasteiger partial charge in [0.25, 0.3) is 11.8 Å². The van der Waals surface area contributed by atoms with Gasteiger partial charge in [-0.15, -0.1) is 21.5 Å². The van der Waals surface area contributed by atoms with Gasteiger partial charge in [-0.1, -0.05) is 65.1 Å². The van der Waals surface area contributed by atoms with Crippen LogP contribution in [0.4, 0.5) is 5.13 Å². The number of ether oxygens (including phenoxy) is 1. The number of thioether (sulfide) groups is 1. The van der Waals surface area contributed by atoms with Crippen LogP contribution in [0.3, 0.4) is 0 Å². The van der Waals surface area contributed by atoms with Gasteiger partial charge in [0.1, 0.15) is 5.75 Å². The maximum absolute atomic E-state index is 13.8. The number of Topliss-reactive ketones (excluding diaryl/α,β-unsaturated/α-hetero) is 1. The highest BCUT2D eigenvalue weighted by molar-refractivity contribution is 8.00. The third-order valence-corrected chi connectivity index (χ3v) is 9.42. The minimum atomic E-state index is -0.982. The third kappa shape index (κ3) is 6.01. The van der Waals surface area contributed by atoms with Crippen molar-refractivity contribution in [3.8, 4) is 5.75 Å². The summed E-state index contributed by atoms with van der Waals surface area (Å²) in [4.78, 5) is 44.4. The summed E-state index contributed by atoms with van der Waals surface area (Å²) in [6.45, 7) is 5.23. The molecular formula is C28H25N5O5S3. The Labute approximate surface area is 247 Å². The molecule has 1 aliphatic heterocycles. The Balaban J connectivity index is 1.49. The van der Waals surface area contributed by atoms with Crippen LogP contribution < -0.4 is 15.4 Å². The Morgan fingerprint density at radius 2 is 1.76 bits per heavy atom. The zero-order valence-corrected chi connectivity index (χ0v) is 24.7. The number of thiazole rings is 1. The number of anilines is 1. The van der Waals surface area contributed by atoms with E-state index in [4.69, 9.17) is 10.5 Å². The van der Waals surface area contributed by atoms with Gasteiger partial charge in [-0.25, -0.2) is 4.98 Å². The average molecular weight is 608 g/mol. The normalized spacial score (nSPS) is 15.0. The van der Waals surface area contributed by atoms with Gasteiger partial charge in [0.2, 0.25) is 10.9 Å². The predicted octanol–water partition coefficient (Wildman–Crippen LogP) is 4.86. The molecule has 1 atom stereocenters. The highest BCUT2D eigenvalue weighted by Gasteiger charge is 2.46. The van der Waals surface area contributed by atoms with Crippen molar-refractivity contribution in [1.82, 2.24) is 15.2 Å². The molecule has 0 aliphatic carbocycles. The number of carbonyl (C=O) groups excluding carboxylic acids is 3. The van der Waals surface area contributed by atoms with E-state index in [-0.39, 0.29) is 17.3 Å². The summed E-state index contributed by atoms with van der Waals surface area (Å²) in [5, 5.41) is 20.5. The van der Waals surface area contributed by atoms with Gasteiger partial charge in [-0.05, 0) is 44.0 Å². The quantitative estimate of drug-likeness (QED) is 0.146. The second kappa shape index (κ2) is 11.8. The number of nitrogens with two attached hydrogens (primary N) is 1. The molecule has 210 valence electrons. The van der Waals surface area contributed by atoms with Crippen molar-refractivity contribution < 1.29 is 24.2 Å². The number of hydrogen-bond acceptors (Lipinski definition) is 11. The Morgan fingerprint density at radius 1 is 1.05 bits per heavy atom. The van der Waals surface area contributed by atoms with Gasteiger partial charge in [-0.2, -0.15) is 0 Å². The van der Waals surface area contributed by atoms with E-state index in [1.165, 1.54) is 44.9 Å². The molecule has 0 saturated heterocycles. The lowest BCUT2D eigenvalue weighted by Gasteiger charge is -2.24. The zero-order valence-electron chi connectivity index (χ0n) is 22.3. The first-order valence-electron chi connectivity index (χ1n) is 12.4. The van der Waals surface area contributed by atoms with E-state index in [0.717, 1.165) is 5.56 Å². The van der Waals surface area contributed by atoms with Crippen molar-refractivity contribution in [2.24, 2.45) is 5.73 Å². The van der Waals surface area contributed by atoms with Gasteiger partial charge in [0.05, 0.1) is 27.2 Å². The Morgan fingerprint density at radius 3 is 2.39 bits per heavy atom. The number of ketones is 1. The summed E-state index contributed by atoms with van der Waals surface area (Å²) in [5.41, 5.74) is 8.43. The number of aliphatic hydroxyl groups is 1. The molecule has 4 aromatic rings. The van der Waals surface area contributed by atoms with Crippen LogP contribution in [0.15, 0.2) is 64.2 Å². The summed E-state index contributed by atoms with van der Waals surface area (Å²) < 4.78 is 6.00. The number of nitrogens with zero attached hydrogens (tertiary/aromatic N) is 4. The number of amides is 2. The van der Waals surface area contributed by atoms with E-state index in [1.807, 2.05) is 31.2 Å². The van der Waals surface area contributed by atoms with Crippen molar-refractivity contribution in [3.05, 3.63) is 92.1 Å². The molecule has 2 amide bonds. The molecule has 41 heavy (non-hydrogen) atoms. The van der Waals surface area contributed by atoms with E-state index in [2.05, 4.69) is 15.2 Å². The smallest absolute Gasteiger partial charge is 0.296 e. The van der Waals surface area contributed by atoms with E-state index >= 15 is 0 Å². The van der Waals surface area contributed by atoms with Gasteiger partial charge >= 0.3 is 0 Å². The van der Waals surface area contributed by atoms with Crippen LogP contribution in [0.5, 0.6) is 5.75 Å². The molecule has 0 fully saturated rings. The van der Waals surface area contributed by atoms with Crippen LogP contribution in [0.25, 0.3) is 0 Å². The predicted molar refractivity (Wildman–Crippen MR) is 158 cm³/mol. The standard InChI is InChI=1S/C28H25N5O5S3/c1-14-4-6-17(7-5-14)13-39-28-32-31-27(41-28)33-22(18-8-10-19(11-9-18)38-12-20(29)34)21(24(36)26(33)37)23(35)25-15(2)30-16(3)40-25/h4-11,22,36H,12-13H2,1-3H3,(H2,29,34). The van der Waals surface area contributed by atoms with Gasteiger partial charge in [0, 0.05) is 5.75 Å². The number of primary amides is 1. The first-order chi connectivity index (χ1) is 19.6. The van der Waals surface area contributed by atoms with Crippen molar-refractivity contribution in [2.75, 3.05) is 11.5 Å². The van der Waals surface area contributed by atoms with Gasteiger partial charge in [-0.3, -0.25) is 19.3 Å². The first-order valence-corrected chi connectivity index (χ1v) is 15.0. The molecule has 0 bridgehead atoms. The molecule has 10 nitrogen and oxygen atoms in total. The topological polar surface area (TPSA) is 149 Å². The van der Waals surface area contributed by atoms with Crippen LogP contribution in [0.2, 0.25) is 0 Å². The SMILES string of the molecule is Cc1ccc(CSc2nnc(N3C(=O)C(O)=C(C(=O)c4sc(C)nc4C)C3c3ccc(OCC(N)=O)cc3)s2)cc1. The molecule has 3 N–H and O–H groups in total. The maximum atomic E-state index is 13.8. The number of aromatic nitrogens is 3. The molecule has 1 unspecified atom stereocenters. The number of aryl methyl sites for hydroxylation is 3. The van der Waals surface area contributed by atoms with Crippen molar-refractivity contribution in [2.45, 2.75) is 36.9 Å². The fourth-order valence-corrected chi connectivity index (χ4v) is 7.00. The minimum absolute atomic E-state index is 0.0726. The highest BCUT2D eigenvalue weighted by Crippen LogP contribution is 2.44. The lowest BCUT2D eigenvalue weighted by molar-refractivity contribution is -0.120. The average Bonchev–Trinajstić information content (AvgIpc) is 3.62. The lowest BCUT2D eigenvalue weighted by Crippen LogP contribution is -2.31. The van der Waals surface area contributed by atoms with Crippen LogP contribution in [-0.2, 0) is 15.3 Å². The molecule has 3 heterocycles. The molecule has 1 aliphatic rings. The molecule has 0 saturated carbocycles. The molecule has 0 spiro atoms. The van der Waals surface area contributed by atoms with Crippen LogP contribution in [0.1, 0.15) is 43.1 Å². The van der Waals surface area contributed by atoms with E-state index in [9.17, 15) is 19.5 Å². The Hall–Kier alpha value is -4.07. The van der Waals surface area contributed by atoms with Crippen LogP contribution in [0, 0.1) is 20.8 Å². The monoisotopic (exact) mass is 607 g/mol. The van der Waals surface area contributed by atoms with E-state index in [1.54, 1.807) is 38.1 Å². The Bertz CT molecular complexity index is 1660. The molecule has 5 rings (SSSR count). The number of hydrogen-bond donors (Lipinski definition) is 2. The molecule has 2 aromatic heterocycles. The van der Waals surface area contributed by atoms with Crippen LogP contribution >= 0.6 is 34.4 Å². The van der Waals surface area contributed by atoms with Crippen molar-refractivity contribution >= 4 is 57.2 Å². The number of carbonyl (C=O) groups is 3. The zero-order chi connectivity index (χ0) is 29.3. The summed E-state index contributed by atoms with van der Waals surface area (Å²) in [7, 11) is 0. The Kier molecular flexibility index (Phi) is 8.20. The maximum Gasteiger partial charge on any atom is 0.296 e. The summed E-state index contributed by atoms with van der Waals surface area (Å²) in [6, 6.07) is 13.7. The first kappa shape index (κ1) is 28.5. The summed E-state index contributed by atoms with van der Waals surface area (Å²) in [6.07, 6.45) is 0. The summed E-state index contributed by atoms with van der Waals surface area (Å²) in [5.74, 6) is -1.47. The third-order valence-electron chi connectivity index (χ3n) is 6.22. The van der Waals surface area contributed by atoms with Gasteiger partial charge < -0.3 is 15.6 Å². The number of benzene rings is 2. The number of aliphatic hydroxyl groups excluding tert-OH is 1. The molecular weight excluding hydrogens is 583 g/mol. The lowest BCUT2D eigenvalue weighted by atomic mass is 9.95. The summed E-state index contributed by atoms with van der Waals surface area (Å²) >= 11 is 3.88. The molecule has 0 radical (unpaired) electrons. The largest absolute Gasteiger partial charge is 0.503 e. The van der Waals surface area contributed by atoms with E-state index < -0.39 is 29.4 Å². The van der Waals surface area contributed by atoms with Crippen molar-refractivity contribution in [1.29, 1.82) is 0 Å². The highest BCUT2D eigenvalue weighted by atomic mass is 32.2. The van der Waals surface area contributed by atoms with Crippen LogP contribution in [-0.4, -0.2) is 44.5 Å².